The molecule has 0 bridgehead atoms. The molecule has 1 aliphatic heterocycles. The van der Waals surface area contributed by atoms with Gasteiger partial charge in [0.15, 0.2) is 15.8 Å². The number of aliphatic imine (C=N–C) groups is 1. The predicted molar refractivity (Wildman–Crippen MR) is 107 cm³/mol. The average molecular weight is 471 g/mol. The molecule has 2 N–H and O–H groups in total. The molecular formula is C16H30IN3O3S. The summed E-state index contributed by atoms with van der Waals surface area (Å²) >= 11 is 0. The Morgan fingerprint density at radius 3 is 2.54 bits per heavy atom. The van der Waals surface area contributed by atoms with Crippen LogP contribution in [0.5, 0.6) is 0 Å². The first-order valence-corrected chi connectivity index (χ1v) is 10.6. The molecule has 3 unspecified atom stereocenters. The molecule has 6 nitrogen and oxygen atoms in total. The third-order valence-electron chi connectivity index (χ3n) is 5.80. The molecule has 1 heterocycles. The number of hydrogen-bond acceptors (Lipinski definition) is 4. The largest absolute Gasteiger partial charge is 0.378 e. The molecule has 0 radical (unpaired) electrons. The second-order valence-electron chi connectivity index (χ2n) is 7.13. The van der Waals surface area contributed by atoms with Gasteiger partial charge in [0.05, 0.1) is 17.6 Å². The highest BCUT2D eigenvalue weighted by atomic mass is 127. The molecule has 8 heteroatoms. The summed E-state index contributed by atoms with van der Waals surface area (Å²) in [5.74, 6) is 1.23. The number of halogens is 1. The van der Waals surface area contributed by atoms with Crippen molar-refractivity contribution in [3.05, 3.63) is 0 Å². The molecule has 0 aromatic heterocycles. The number of hydrogen-bond donors (Lipinski definition) is 2. The summed E-state index contributed by atoms with van der Waals surface area (Å²) in [5.41, 5.74) is 0.245. The van der Waals surface area contributed by atoms with Crippen molar-refractivity contribution in [3.8, 4) is 0 Å². The summed E-state index contributed by atoms with van der Waals surface area (Å²) in [7, 11) is -1.12. The van der Waals surface area contributed by atoms with Crippen molar-refractivity contribution in [1.82, 2.24) is 10.6 Å². The molecule has 3 atom stereocenters. The lowest BCUT2D eigenvalue weighted by molar-refractivity contribution is -0.125. The van der Waals surface area contributed by atoms with Gasteiger partial charge in [-0.2, -0.15) is 0 Å². The summed E-state index contributed by atoms with van der Waals surface area (Å²) in [6, 6.07) is 0.360. The number of nitrogens with one attached hydrogen (secondary N) is 2. The van der Waals surface area contributed by atoms with Gasteiger partial charge in [-0.25, -0.2) is 8.42 Å². The van der Waals surface area contributed by atoms with E-state index in [1.807, 2.05) is 0 Å². The van der Waals surface area contributed by atoms with Gasteiger partial charge in [0, 0.05) is 31.2 Å². The first-order valence-electron chi connectivity index (χ1n) is 8.81. The van der Waals surface area contributed by atoms with Gasteiger partial charge in [-0.1, -0.05) is 12.8 Å². The monoisotopic (exact) mass is 471 g/mol. The highest BCUT2D eigenvalue weighted by molar-refractivity contribution is 14.0. The fraction of sp³-hybridized carbons (Fsp3) is 0.938. The lowest BCUT2D eigenvalue weighted by Gasteiger charge is -2.54. The third-order valence-corrected chi connectivity index (χ3v) is 7.56. The van der Waals surface area contributed by atoms with Crippen molar-refractivity contribution >= 4 is 39.8 Å². The van der Waals surface area contributed by atoms with Crippen molar-refractivity contribution in [1.29, 1.82) is 0 Å². The van der Waals surface area contributed by atoms with Crippen LogP contribution >= 0.6 is 24.0 Å². The normalized spacial score (nSPS) is 33.8. The molecule has 1 saturated heterocycles. The molecule has 3 aliphatic rings. The second-order valence-corrected chi connectivity index (χ2v) is 9.36. The summed E-state index contributed by atoms with van der Waals surface area (Å²) in [6.07, 6.45) is 7.01. The van der Waals surface area contributed by atoms with Crippen molar-refractivity contribution in [2.75, 3.05) is 25.2 Å². The summed E-state index contributed by atoms with van der Waals surface area (Å²) < 4.78 is 29.1. The van der Waals surface area contributed by atoms with E-state index < -0.39 is 9.84 Å². The van der Waals surface area contributed by atoms with E-state index in [1.54, 1.807) is 7.05 Å². The predicted octanol–water partition coefficient (Wildman–Crippen LogP) is 1.69. The Bertz CT molecular complexity index is 561. The van der Waals surface area contributed by atoms with Crippen LogP contribution in [0.3, 0.4) is 0 Å². The van der Waals surface area contributed by atoms with Crippen LogP contribution in [-0.2, 0) is 14.6 Å². The van der Waals surface area contributed by atoms with Crippen LogP contribution in [0.1, 0.15) is 45.4 Å². The Morgan fingerprint density at radius 1 is 1.29 bits per heavy atom. The summed E-state index contributed by atoms with van der Waals surface area (Å²) in [5, 5.41) is 6.84. The molecule has 1 spiro atoms. The molecule has 0 aromatic rings. The Labute approximate surface area is 162 Å². The van der Waals surface area contributed by atoms with E-state index >= 15 is 0 Å². The van der Waals surface area contributed by atoms with E-state index in [0.29, 0.717) is 18.6 Å². The van der Waals surface area contributed by atoms with E-state index in [4.69, 9.17) is 4.74 Å². The van der Waals surface area contributed by atoms with Crippen LogP contribution in [0, 0.1) is 5.41 Å². The fourth-order valence-corrected chi connectivity index (χ4v) is 6.20. The summed E-state index contributed by atoms with van der Waals surface area (Å²) in [4.78, 5) is 4.31. The van der Waals surface area contributed by atoms with Gasteiger partial charge in [-0.3, -0.25) is 4.99 Å². The van der Waals surface area contributed by atoms with Crippen molar-refractivity contribution in [3.63, 3.8) is 0 Å². The molecule has 0 aromatic carbocycles. The number of guanidine groups is 1. The Morgan fingerprint density at radius 2 is 2.00 bits per heavy atom. The lowest BCUT2D eigenvalue weighted by atomic mass is 9.60. The van der Waals surface area contributed by atoms with Crippen LogP contribution in [-0.4, -0.2) is 57.7 Å². The minimum Gasteiger partial charge on any atom is -0.378 e. The lowest BCUT2D eigenvalue weighted by Crippen LogP contribution is -2.65. The van der Waals surface area contributed by atoms with Gasteiger partial charge < -0.3 is 15.4 Å². The zero-order chi connectivity index (χ0) is 16.5. The highest BCUT2D eigenvalue weighted by Gasteiger charge is 2.57. The van der Waals surface area contributed by atoms with Gasteiger partial charge in [0.25, 0.3) is 0 Å². The van der Waals surface area contributed by atoms with Gasteiger partial charge in [-0.05, 0) is 32.6 Å². The molecule has 3 fully saturated rings. The molecule has 24 heavy (non-hydrogen) atoms. The van der Waals surface area contributed by atoms with Crippen LogP contribution in [0.2, 0.25) is 0 Å². The average Bonchev–Trinajstić information content (AvgIpc) is 3.13. The summed E-state index contributed by atoms with van der Waals surface area (Å²) in [6.45, 7) is 2.83. The molecule has 2 saturated carbocycles. The zero-order valence-electron chi connectivity index (χ0n) is 14.6. The van der Waals surface area contributed by atoms with Crippen molar-refractivity contribution in [2.24, 2.45) is 10.4 Å². The minimum atomic E-state index is -2.87. The first-order chi connectivity index (χ1) is 11.0. The van der Waals surface area contributed by atoms with Gasteiger partial charge in [-0.15, -0.1) is 24.0 Å². The van der Waals surface area contributed by atoms with Crippen LogP contribution in [0.25, 0.3) is 0 Å². The van der Waals surface area contributed by atoms with Crippen LogP contribution < -0.4 is 10.6 Å². The van der Waals surface area contributed by atoms with Crippen molar-refractivity contribution < 1.29 is 13.2 Å². The standard InChI is InChI=1S/C16H29N3O3S.HI/c1-3-22-14-10-13(16(14)7-4-5-8-16)19-15(17-2)18-12-6-9-23(20,21)11-12;/h12-14H,3-11H2,1-2H3,(H2,17,18,19);1H. The smallest absolute Gasteiger partial charge is 0.191 e. The van der Waals surface area contributed by atoms with E-state index in [9.17, 15) is 8.42 Å². The van der Waals surface area contributed by atoms with E-state index in [1.165, 1.54) is 25.7 Å². The SMILES string of the molecule is CCOC1CC(NC(=NC)NC2CCS(=O)(=O)C2)C12CCCC2.I. The third kappa shape index (κ3) is 4.00. The number of ether oxygens (including phenoxy) is 1. The van der Waals surface area contributed by atoms with E-state index in [-0.39, 0.29) is 46.9 Å². The number of sulfone groups is 1. The Kier molecular flexibility index (Phi) is 6.80. The Hall–Kier alpha value is -0.0900. The maximum atomic E-state index is 11.6. The molecule has 0 amide bonds. The van der Waals surface area contributed by atoms with Gasteiger partial charge >= 0.3 is 0 Å². The number of nitrogens with zero attached hydrogens (tertiary/aromatic N) is 1. The maximum Gasteiger partial charge on any atom is 0.191 e. The topological polar surface area (TPSA) is 79.8 Å². The van der Waals surface area contributed by atoms with Crippen molar-refractivity contribution in [2.45, 2.75) is 63.6 Å². The highest BCUT2D eigenvalue weighted by Crippen LogP contribution is 2.54. The van der Waals surface area contributed by atoms with E-state index in [2.05, 4.69) is 22.5 Å². The molecule has 2 aliphatic carbocycles. The molecular weight excluding hydrogens is 441 g/mol. The van der Waals surface area contributed by atoms with Gasteiger partial charge in [0.2, 0.25) is 0 Å². The van der Waals surface area contributed by atoms with E-state index in [0.717, 1.165) is 19.0 Å². The molecule has 3 rings (SSSR count). The van der Waals surface area contributed by atoms with Crippen LogP contribution in [0.15, 0.2) is 4.99 Å². The second kappa shape index (κ2) is 8.07. The first kappa shape index (κ1) is 20.2. The number of rotatable bonds is 4. The minimum absolute atomic E-state index is 0. The molecule has 140 valence electrons. The fourth-order valence-electron chi connectivity index (χ4n) is 4.53. The maximum absolute atomic E-state index is 11.6. The Balaban J connectivity index is 0.00000208. The quantitative estimate of drug-likeness (QED) is 0.371. The van der Waals surface area contributed by atoms with Gasteiger partial charge in [0.1, 0.15) is 0 Å². The zero-order valence-corrected chi connectivity index (χ0v) is 17.7. The van der Waals surface area contributed by atoms with Crippen LogP contribution in [0.4, 0.5) is 0 Å².